The largest absolute Gasteiger partial charge is 0.262 e. The summed E-state index contributed by atoms with van der Waals surface area (Å²) in [5, 5.41) is 2.42. The van der Waals surface area contributed by atoms with E-state index in [9.17, 15) is 0 Å². The first-order valence-electron chi connectivity index (χ1n) is 17.9. The minimum atomic E-state index is 0.689. The summed E-state index contributed by atoms with van der Waals surface area (Å²) in [7, 11) is 0. The molecule has 0 fully saturated rings. The summed E-state index contributed by atoms with van der Waals surface area (Å²) < 4.78 is 0. The van der Waals surface area contributed by atoms with Gasteiger partial charge in [0.05, 0.1) is 11.4 Å². The van der Waals surface area contributed by atoms with E-state index in [4.69, 9.17) is 9.97 Å². The van der Waals surface area contributed by atoms with Crippen molar-refractivity contribution < 1.29 is 0 Å². The van der Waals surface area contributed by atoms with Gasteiger partial charge in [-0.2, -0.15) is 0 Å². The van der Waals surface area contributed by atoms with Gasteiger partial charge >= 0.3 is 0 Å². The van der Waals surface area contributed by atoms with Crippen LogP contribution in [0.4, 0.5) is 0 Å². The van der Waals surface area contributed by atoms with Crippen LogP contribution in [0.5, 0.6) is 0 Å². The molecule has 0 amide bonds. The molecule has 0 N–H and O–H groups in total. The number of benzene rings is 7. The second-order valence-corrected chi connectivity index (χ2v) is 13.4. The molecule has 250 valence electrons. The fraction of sp³-hybridized carbons (Fsp3) is 0.0200. The van der Waals surface area contributed by atoms with Crippen LogP contribution in [0.3, 0.4) is 0 Å². The molecule has 9 rings (SSSR count). The summed E-state index contributed by atoms with van der Waals surface area (Å²) in [6.07, 6.45) is 1.87. The molecule has 0 atom stereocenters. The van der Waals surface area contributed by atoms with Crippen LogP contribution in [0.15, 0.2) is 194 Å². The van der Waals surface area contributed by atoms with Crippen molar-refractivity contribution in [3.05, 3.63) is 200 Å². The predicted octanol–water partition coefficient (Wildman–Crippen LogP) is 13.0. The number of rotatable bonds is 7. The first-order chi connectivity index (χ1) is 26.1. The van der Waals surface area contributed by atoms with Gasteiger partial charge in [0.25, 0.3) is 0 Å². The molecular weight excluding hydrogens is 643 g/mol. The Morgan fingerprint density at radius 2 is 0.849 bits per heavy atom. The Labute approximate surface area is 310 Å². The average molecular weight is 678 g/mol. The van der Waals surface area contributed by atoms with E-state index in [1.54, 1.807) is 0 Å². The topological polar surface area (TPSA) is 38.7 Å². The standard InChI is InChI=1S/C50H35N3/c1-34-29-42(27-28-51-34)37-23-19-35(20-24-37)36-21-25-38(26-22-36)43-30-44(47-18-10-16-39-11-8-9-17-46(39)47)32-45(31-43)50-52-48(40-12-4-2-5-13-40)33-49(53-50)41-14-6-3-7-15-41/h2-33H,1H3. The van der Waals surface area contributed by atoms with Gasteiger partial charge < -0.3 is 0 Å². The van der Waals surface area contributed by atoms with Crippen LogP contribution in [0.1, 0.15) is 5.69 Å². The highest BCUT2D eigenvalue weighted by Gasteiger charge is 2.15. The second-order valence-electron chi connectivity index (χ2n) is 13.4. The summed E-state index contributed by atoms with van der Waals surface area (Å²) >= 11 is 0. The molecule has 0 saturated heterocycles. The Morgan fingerprint density at radius 1 is 0.340 bits per heavy atom. The molecule has 7 aromatic carbocycles. The number of hydrogen-bond acceptors (Lipinski definition) is 3. The number of fused-ring (bicyclic) bond motifs is 1. The van der Waals surface area contributed by atoms with Gasteiger partial charge in [-0.15, -0.1) is 0 Å². The SMILES string of the molecule is Cc1cc(-c2ccc(-c3ccc(-c4cc(-c5nc(-c6ccccc6)cc(-c6ccccc6)n5)cc(-c5cccc6ccccc56)c4)cc3)cc2)ccn1. The predicted molar refractivity (Wildman–Crippen MR) is 220 cm³/mol. The maximum absolute atomic E-state index is 5.20. The van der Waals surface area contributed by atoms with Crippen molar-refractivity contribution in [3.8, 4) is 78.4 Å². The fourth-order valence-electron chi connectivity index (χ4n) is 7.08. The van der Waals surface area contributed by atoms with Crippen LogP contribution >= 0.6 is 0 Å². The van der Waals surface area contributed by atoms with E-state index in [0.717, 1.165) is 50.5 Å². The van der Waals surface area contributed by atoms with Crippen LogP contribution in [0.25, 0.3) is 89.2 Å². The Morgan fingerprint density at radius 3 is 1.47 bits per heavy atom. The molecule has 0 spiro atoms. The lowest BCUT2D eigenvalue weighted by Gasteiger charge is -2.14. The third kappa shape index (κ3) is 6.64. The molecule has 0 unspecified atom stereocenters. The quantitative estimate of drug-likeness (QED) is 0.169. The molecule has 53 heavy (non-hydrogen) atoms. The minimum absolute atomic E-state index is 0.689. The Hall–Kier alpha value is -6.97. The maximum Gasteiger partial charge on any atom is 0.160 e. The van der Waals surface area contributed by atoms with Gasteiger partial charge in [0.15, 0.2) is 5.82 Å². The molecule has 0 aliphatic heterocycles. The molecular formula is C50H35N3. The van der Waals surface area contributed by atoms with E-state index in [1.165, 1.54) is 38.6 Å². The van der Waals surface area contributed by atoms with Crippen LogP contribution in [-0.4, -0.2) is 15.0 Å². The lowest BCUT2D eigenvalue weighted by Crippen LogP contribution is -1.97. The Bertz CT molecular complexity index is 2640. The van der Waals surface area contributed by atoms with Crippen molar-refractivity contribution in [2.24, 2.45) is 0 Å². The third-order valence-electron chi connectivity index (χ3n) is 9.82. The molecule has 0 radical (unpaired) electrons. The van der Waals surface area contributed by atoms with Crippen molar-refractivity contribution in [1.82, 2.24) is 15.0 Å². The molecule has 0 aliphatic carbocycles. The summed E-state index contributed by atoms with van der Waals surface area (Å²) in [5.41, 5.74) is 15.1. The van der Waals surface area contributed by atoms with Crippen molar-refractivity contribution in [3.63, 3.8) is 0 Å². The van der Waals surface area contributed by atoms with Gasteiger partial charge in [-0.1, -0.05) is 152 Å². The molecule has 2 heterocycles. The molecule has 9 aromatic rings. The van der Waals surface area contributed by atoms with E-state index in [0.29, 0.717) is 5.82 Å². The van der Waals surface area contributed by atoms with Gasteiger partial charge in [0.2, 0.25) is 0 Å². The first-order valence-corrected chi connectivity index (χ1v) is 17.9. The number of aryl methyl sites for hydroxylation is 1. The molecule has 2 aromatic heterocycles. The number of pyridine rings is 1. The summed E-state index contributed by atoms with van der Waals surface area (Å²) in [5.74, 6) is 0.689. The normalized spacial score (nSPS) is 11.1. The van der Waals surface area contributed by atoms with Crippen molar-refractivity contribution in [2.75, 3.05) is 0 Å². The molecule has 3 heteroatoms. The smallest absolute Gasteiger partial charge is 0.160 e. The van der Waals surface area contributed by atoms with E-state index in [-0.39, 0.29) is 0 Å². The van der Waals surface area contributed by atoms with E-state index in [1.807, 2.05) is 25.3 Å². The number of hydrogen-bond donors (Lipinski definition) is 0. The van der Waals surface area contributed by atoms with E-state index >= 15 is 0 Å². The van der Waals surface area contributed by atoms with Crippen LogP contribution in [0.2, 0.25) is 0 Å². The average Bonchev–Trinajstić information content (AvgIpc) is 3.24. The lowest BCUT2D eigenvalue weighted by molar-refractivity contribution is 1.18. The number of nitrogens with zero attached hydrogens (tertiary/aromatic N) is 3. The van der Waals surface area contributed by atoms with Gasteiger partial charge in [-0.05, 0) is 98.6 Å². The lowest BCUT2D eigenvalue weighted by atomic mass is 9.92. The Kier molecular flexibility index (Phi) is 8.43. The fourth-order valence-corrected chi connectivity index (χ4v) is 7.08. The maximum atomic E-state index is 5.20. The van der Waals surface area contributed by atoms with Gasteiger partial charge in [-0.25, -0.2) is 9.97 Å². The van der Waals surface area contributed by atoms with Gasteiger partial charge in [-0.3, -0.25) is 4.98 Å². The highest BCUT2D eigenvalue weighted by molar-refractivity contribution is 5.98. The Balaban J connectivity index is 1.17. The summed E-state index contributed by atoms with van der Waals surface area (Å²) in [4.78, 5) is 14.8. The third-order valence-corrected chi connectivity index (χ3v) is 9.82. The highest BCUT2D eigenvalue weighted by atomic mass is 14.9. The first kappa shape index (κ1) is 32.0. The highest BCUT2D eigenvalue weighted by Crippen LogP contribution is 2.37. The minimum Gasteiger partial charge on any atom is -0.262 e. The zero-order valence-electron chi connectivity index (χ0n) is 29.3. The monoisotopic (exact) mass is 677 g/mol. The summed E-state index contributed by atoms with van der Waals surface area (Å²) in [6, 6.07) is 66.5. The van der Waals surface area contributed by atoms with Crippen LogP contribution in [-0.2, 0) is 0 Å². The van der Waals surface area contributed by atoms with Crippen LogP contribution in [0, 0.1) is 6.92 Å². The zero-order chi connectivity index (χ0) is 35.6. The molecule has 0 bridgehead atoms. The summed E-state index contributed by atoms with van der Waals surface area (Å²) in [6.45, 7) is 2.02. The number of aromatic nitrogens is 3. The van der Waals surface area contributed by atoms with E-state index < -0.39 is 0 Å². The molecule has 0 aliphatic rings. The van der Waals surface area contributed by atoms with Crippen molar-refractivity contribution >= 4 is 10.8 Å². The zero-order valence-corrected chi connectivity index (χ0v) is 29.3. The molecule has 3 nitrogen and oxygen atoms in total. The van der Waals surface area contributed by atoms with Crippen LogP contribution < -0.4 is 0 Å². The van der Waals surface area contributed by atoms with E-state index in [2.05, 4.69) is 181 Å². The van der Waals surface area contributed by atoms with Gasteiger partial charge in [0, 0.05) is 28.6 Å². The van der Waals surface area contributed by atoms with Crippen molar-refractivity contribution in [1.29, 1.82) is 0 Å². The second kappa shape index (κ2) is 14.0. The molecule has 0 saturated carbocycles. The van der Waals surface area contributed by atoms with Gasteiger partial charge in [0.1, 0.15) is 0 Å². The van der Waals surface area contributed by atoms with Crippen molar-refractivity contribution in [2.45, 2.75) is 6.92 Å².